The molecule has 0 saturated heterocycles. The van der Waals surface area contributed by atoms with Crippen LogP contribution in [0.2, 0.25) is 0 Å². The number of para-hydroxylation sites is 1. The molecule has 126 valence electrons. The molecule has 0 aromatic heterocycles. The van der Waals surface area contributed by atoms with E-state index < -0.39 is 0 Å². The third-order valence-corrected chi connectivity index (χ3v) is 3.89. The summed E-state index contributed by atoms with van der Waals surface area (Å²) < 4.78 is 5.96. The van der Waals surface area contributed by atoms with Crippen molar-refractivity contribution in [2.24, 2.45) is 5.16 Å². The lowest BCUT2D eigenvalue weighted by Gasteiger charge is -2.19. The molecule has 0 fully saturated rings. The van der Waals surface area contributed by atoms with E-state index in [4.69, 9.17) is 4.74 Å². The first-order valence-electron chi connectivity index (χ1n) is 7.65. The lowest BCUT2D eigenvalue weighted by Crippen LogP contribution is -2.28. The third-order valence-electron chi connectivity index (χ3n) is 3.89. The van der Waals surface area contributed by atoms with Crippen molar-refractivity contribution in [2.75, 3.05) is 19.1 Å². The van der Waals surface area contributed by atoms with Gasteiger partial charge in [0.05, 0.1) is 5.69 Å². The average Bonchev–Trinajstić information content (AvgIpc) is 2.60. The van der Waals surface area contributed by atoms with Crippen LogP contribution in [-0.2, 0) is 16.2 Å². The number of aryl methyl sites for hydroxylation is 1. The van der Waals surface area contributed by atoms with Crippen LogP contribution in [0.5, 0.6) is 5.75 Å². The lowest BCUT2D eigenvalue weighted by atomic mass is 10.1. The van der Waals surface area contributed by atoms with Crippen LogP contribution in [0.4, 0.5) is 5.69 Å². The van der Waals surface area contributed by atoms with E-state index >= 15 is 0 Å². The van der Waals surface area contributed by atoms with Crippen LogP contribution in [0.1, 0.15) is 16.7 Å². The van der Waals surface area contributed by atoms with E-state index in [0.717, 1.165) is 28.8 Å². The highest BCUT2D eigenvalue weighted by molar-refractivity contribution is 6.32. The molecule has 5 heteroatoms. The Kier molecular flexibility index (Phi) is 5.95. The van der Waals surface area contributed by atoms with Crippen molar-refractivity contribution in [1.29, 1.82) is 0 Å². The number of amides is 1. The molecular formula is C19H22N2O3. The highest BCUT2D eigenvalue weighted by atomic mass is 16.6. The Morgan fingerprint density at radius 3 is 2.67 bits per heavy atom. The Hall–Kier alpha value is -2.82. The Bertz CT molecular complexity index is 741. The number of anilines is 1. The van der Waals surface area contributed by atoms with Crippen LogP contribution in [0.3, 0.4) is 0 Å². The summed E-state index contributed by atoms with van der Waals surface area (Å²) in [4.78, 5) is 18.2. The van der Waals surface area contributed by atoms with Crippen molar-refractivity contribution in [2.45, 2.75) is 20.5 Å². The molecule has 24 heavy (non-hydrogen) atoms. The van der Waals surface area contributed by atoms with Gasteiger partial charge in [-0.25, -0.2) is 0 Å². The van der Waals surface area contributed by atoms with Gasteiger partial charge >= 0.3 is 0 Å². The summed E-state index contributed by atoms with van der Waals surface area (Å²) in [5.41, 5.74) is 3.99. The van der Waals surface area contributed by atoms with Crippen LogP contribution in [0, 0.1) is 13.8 Å². The molecule has 0 radical (unpaired) electrons. The fourth-order valence-electron chi connectivity index (χ4n) is 2.30. The van der Waals surface area contributed by atoms with Gasteiger partial charge < -0.3 is 14.5 Å². The van der Waals surface area contributed by atoms with Crippen molar-refractivity contribution < 1.29 is 14.4 Å². The monoisotopic (exact) mass is 326 g/mol. The van der Waals surface area contributed by atoms with Crippen molar-refractivity contribution in [3.05, 3.63) is 59.2 Å². The maximum absolute atomic E-state index is 12.1. The molecule has 0 aliphatic rings. The second kappa shape index (κ2) is 8.15. The Morgan fingerprint density at radius 1 is 1.17 bits per heavy atom. The molecule has 2 rings (SSSR count). The maximum atomic E-state index is 12.1. The number of rotatable bonds is 6. The van der Waals surface area contributed by atoms with E-state index in [9.17, 15) is 4.79 Å². The number of nitrogens with zero attached hydrogens (tertiary/aromatic N) is 2. The summed E-state index contributed by atoms with van der Waals surface area (Å²) >= 11 is 0. The number of carbonyl (C=O) groups excluding carboxylic acids is 1. The van der Waals surface area contributed by atoms with E-state index in [1.54, 1.807) is 7.05 Å². The number of hydrogen-bond acceptors (Lipinski definition) is 4. The molecule has 0 bridgehead atoms. The van der Waals surface area contributed by atoms with Crippen molar-refractivity contribution in [1.82, 2.24) is 0 Å². The molecule has 2 aromatic carbocycles. The van der Waals surface area contributed by atoms with E-state index in [2.05, 4.69) is 23.0 Å². The lowest BCUT2D eigenvalue weighted by molar-refractivity contribution is -0.112. The van der Waals surface area contributed by atoms with Crippen LogP contribution < -0.4 is 9.64 Å². The van der Waals surface area contributed by atoms with E-state index in [1.165, 1.54) is 17.6 Å². The van der Waals surface area contributed by atoms with Crippen LogP contribution in [0.25, 0.3) is 0 Å². The van der Waals surface area contributed by atoms with Crippen molar-refractivity contribution in [3.8, 4) is 5.75 Å². The molecule has 0 N–H and O–H groups in total. The second-order valence-corrected chi connectivity index (χ2v) is 5.43. The highest BCUT2D eigenvalue weighted by Crippen LogP contribution is 2.24. The number of benzene rings is 2. The zero-order chi connectivity index (χ0) is 17.5. The molecule has 5 nitrogen and oxygen atoms in total. The molecule has 0 heterocycles. The minimum atomic E-state index is -0.268. The predicted octanol–water partition coefficient (Wildman–Crippen LogP) is 3.48. The molecule has 0 spiro atoms. The summed E-state index contributed by atoms with van der Waals surface area (Å²) in [7, 11) is 3.09. The third kappa shape index (κ3) is 4.13. The Balaban J connectivity index is 2.18. The zero-order valence-corrected chi connectivity index (χ0v) is 14.4. The van der Waals surface area contributed by atoms with E-state index in [0.29, 0.717) is 6.61 Å². The van der Waals surface area contributed by atoms with Gasteiger partial charge in [0.15, 0.2) is 0 Å². The molecular weight excluding hydrogens is 304 g/mol. The minimum absolute atomic E-state index is 0.268. The number of hydrogen-bond donors (Lipinski definition) is 0. The normalized spacial score (nSPS) is 10.7. The molecule has 1 amide bonds. The summed E-state index contributed by atoms with van der Waals surface area (Å²) in [6, 6.07) is 13.6. The minimum Gasteiger partial charge on any atom is -0.489 e. The molecule has 0 atom stereocenters. The molecule has 2 aromatic rings. The first-order valence-corrected chi connectivity index (χ1v) is 7.65. The first kappa shape index (κ1) is 17.5. The zero-order valence-electron chi connectivity index (χ0n) is 14.4. The van der Waals surface area contributed by atoms with Crippen LogP contribution in [-0.4, -0.2) is 26.3 Å². The highest BCUT2D eigenvalue weighted by Gasteiger charge is 2.13. The fourth-order valence-corrected chi connectivity index (χ4v) is 2.30. The van der Waals surface area contributed by atoms with E-state index in [-0.39, 0.29) is 5.91 Å². The fraction of sp³-hybridized carbons (Fsp3) is 0.263. The van der Waals surface area contributed by atoms with Gasteiger partial charge in [-0.1, -0.05) is 35.5 Å². The molecule has 0 aliphatic heterocycles. The maximum Gasteiger partial charge on any atom is 0.272 e. The Labute approximate surface area is 142 Å². The van der Waals surface area contributed by atoms with Gasteiger partial charge in [-0.15, -0.1) is 0 Å². The van der Waals surface area contributed by atoms with Gasteiger partial charge in [0, 0.05) is 12.6 Å². The van der Waals surface area contributed by atoms with E-state index in [1.807, 2.05) is 43.3 Å². The van der Waals surface area contributed by atoms with Gasteiger partial charge in [0.25, 0.3) is 5.91 Å². The number of oxime groups is 1. The summed E-state index contributed by atoms with van der Waals surface area (Å²) in [5, 5.41) is 3.52. The largest absolute Gasteiger partial charge is 0.489 e. The Morgan fingerprint density at radius 2 is 1.92 bits per heavy atom. The van der Waals surface area contributed by atoms with Gasteiger partial charge in [0.2, 0.25) is 0 Å². The molecule has 0 unspecified atom stereocenters. The number of carbonyl (C=O) groups is 1. The summed E-state index contributed by atoms with van der Waals surface area (Å²) in [6.45, 7) is 4.46. The van der Waals surface area contributed by atoms with Crippen molar-refractivity contribution >= 4 is 17.8 Å². The smallest absolute Gasteiger partial charge is 0.272 e. The number of ether oxygens (including phenoxy) is 1. The first-order chi connectivity index (χ1) is 11.5. The second-order valence-electron chi connectivity index (χ2n) is 5.43. The summed E-state index contributed by atoms with van der Waals surface area (Å²) in [6.07, 6.45) is 1.14. The van der Waals surface area contributed by atoms with Gasteiger partial charge in [-0.05, 0) is 37.1 Å². The SMILES string of the molecule is CON=CC(=O)N(C)c1ccccc1COc1cccc(C)c1C. The van der Waals surface area contributed by atoms with Crippen LogP contribution in [0.15, 0.2) is 47.6 Å². The van der Waals surface area contributed by atoms with Gasteiger partial charge in [0.1, 0.15) is 25.7 Å². The predicted molar refractivity (Wildman–Crippen MR) is 95.6 cm³/mol. The molecule has 0 saturated carbocycles. The topological polar surface area (TPSA) is 51.1 Å². The van der Waals surface area contributed by atoms with Gasteiger partial charge in [-0.2, -0.15) is 0 Å². The van der Waals surface area contributed by atoms with Crippen molar-refractivity contribution in [3.63, 3.8) is 0 Å². The average molecular weight is 326 g/mol. The summed E-state index contributed by atoms with van der Waals surface area (Å²) in [5.74, 6) is 0.579. The molecule has 0 aliphatic carbocycles. The van der Waals surface area contributed by atoms with Gasteiger partial charge in [-0.3, -0.25) is 4.79 Å². The quantitative estimate of drug-likeness (QED) is 0.603. The standard InChI is InChI=1S/C19H22N2O3/c1-14-8-7-11-18(15(14)2)24-13-16-9-5-6-10-17(16)21(3)19(22)12-20-23-4/h5-12H,13H2,1-4H3. The van der Waals surface area contributed by atoms with Crippen LogP contribution >= 0.6 is 0 Å².